The van der Waals surface area contributed by atoms with Gasteiger partial charge in [0.15, 0.2) is 0 Å². The van der Waals surface area contributed by atoms with E-state index in [0.717, 1.165) is 41.6 Å². The third-order valence-corrected chi connectivity index (χ3v) is 5.65. The number of carbonyl (C=O) groups is 2. The van der Waals surface area contributed by atoms with Crippen LogP contribution >= 0.6 is 0 Å². The molecule has 0 radical (unpaired) electrons. The van der Waals surface area contributed by atoms with Crippen molar-refractivity contribution >= 4 is 11.9 Å². The van der Waals surface area contributed by atoms with Gasteiger partial charge in [0.1, 0.15) is 17.9 Å². The number of nitrogens with zero attached hydrogens (tertiary/aromatic N) is 1. The molecule has 178 valence electrons. The molecule has 0 aliphatic rings. The summed E-state index contributed by atoms with van der Waals surface area (Å²) in [5, 5.41) is 0. The maximum Gasteiger partial charge on any atom is 0.341 e. The monoisotopic (exact) mass is 461 g/mol. The summed E-state index contributed by atoms with van der Waals surface area (Å²) in [5.41, 5.74) is 6.00. The smallest absolute Gasteiger partial charge is 0.341 e. The number of aromatic nitrogens is 1. The zero-order valence-corrected chi connectivity index (χ0v) is 20.4. The molecule has 0 aliphatic heterocycles. The Balaban J connectivity index is 1.90. The van der Waals surface area contributed by atoms with Gasteiger partial charge in [-0.3, -0.25) is 4.98 Å². The van der Waals surface area contributed by atoms with Gasteiger partial charge in [-0.05, 0) is 61.6 Å². The molecule has 3 rings (SSSR count). The third-order valence-electron chi connectivity index (χ3n) is 5.65. The molecular weight excluding hydrogens is 430 g/mol. The molecule has 1 heterocycles. The molecular formula is C28H31NO5. The number of hydrogen-bond acceptors (Lipinski definition) is 6. The Labute approximate surface area is 200 Å². The van der Waals surface area contributed by atoms with Crippen LogP contribution in [0.5, 0.6) is 5.75 Å². The Morgan fingerprint density at radius 2 is 1.68 bits per heavy atom. The number of pyridine rings is 1. The minimum atomic E-state index is -0.493. The number of aryl methyl sites for hydroxylation is 3. The largest absolute Gasteiger partial charge is 0.496 e. The summed E-state index contributed by atoms with van der Waals surface area (Å²) >= 11 is 0. The zero-order valence-electron chi connectivity index (χ0n) is 20.4. The number of ether oxygens (including phenoxy) is 3. The van der Waals surface area contributed by atoms with Crippen LogP contribution in [0.1, 0.15) is 63.0 Å². The van der Waals surface area contributed by atoms with E-state index in [4.69, 9.17) is 14.2 Å². The lowest BCUT2D eigenvalue weighted by Crippen LogP contribution is -2.12. The van der Waals surface area contributed by atoms with E-state index in [0.29, 0.717) is 28.1 Å². The Hall–Kier alpha value is -3.67. The van der Waals surface area contributed by atoms with Gasteiger partial charge in [-0.2, -0.15) is 0 Å². The molecule has 0 saturated heterocycles. The average Bonchev–Trinajstić information content (AvgIpc) is 2.85. The van der Waals surface area contributed by atoms with Crippen molar-refractivity contribution in [3.05, 3.63) is 82.2 Å². The summed E-state index contributed by atoms with van der Waals surface area (Å²) < 4.78 is 15.8. The van der Waals surface area contributed by atoms with Gasteiger partial charge >= 0.3 is 11.9 Å². The predicted molar refractivity (Wildman–Crippen MR) is 131 cm³/mol. The molecule has 0 bridgehead atoms. The average molecular weight is 462 g/mol. The van der Waals surface area contributed by atoms with Crippen LogP contribution in [-0.4, -0.2) is 31.1 Å². The Morgan fingerprint density at radius 1 is 0.941 bits per heavy atom. The summed E-state index contributed by atoms with van der Waals surface area (Å²) in [6, 6.07) is 15.1. The van der Waals surface area contributed by atoms with Crippen molar-refractivity contribution in [2.24, 2.45) is 0 Å². The van der Waals surface area contributed by atoms with Crippen LogP contribution in [0.15, 0.2) is 48.5 Å². The van der Waals surface area contributed by atoms with Crippen molar-refractivity contribution in [3.8, 4) is 16.9 Å². The van der Waals surface area contributed by atoms with Crippen molar-refractivity contribution in [1.82, 2.24) is 4.98 Å². The summed E-state index contributed by atoms with van der Waals surface area (Å²) in [6.45, 7) is 6.05. The number of esters is 2. The normalized spacial score (nSPS) is 10.6. The van der Waals surface area contributed by atoms with Crippen molar-refractivity contribution in [2.45, 2.75) is 46.6 Å². The first kappa shape index (κ1) is 25.0. The van der Waals surface area contributed by atoms with Gasteiger partial charge in [0.05, 0.1) is 25.5 Å². The Morgan fingerprint density at radius 3 is 2.32 bits per heavy atom. The fourth-order valence-electron chi connectivity index (χ4n) is 3.77. The number of unbranched alkanes of at least 4 members (excludes halogenated alkanes) is 1. The van der Waals surface area contributed by atoms with Crippen LogP contribution in [0.2, 0.25) is 0 Å². The molecule has 2 aromatic carbocycles. The standard InChI is InChI=1S/C28H31NO5/c1-6-7-8-22-16-24(21-12-9-18(2)10-13-21)26(19(3)29-22)28(31)34-17-20-11-14-23(27(30)33-5)25(15-20)32-4/h9-16H,6-8,17H2,1-5H3. The highest BCUT2D eigenvalue weighted by molar-refractivity contribution is 5.98. The van der Waals surface area contributed by atoms with Crippen LogP contribution in [-0.2, 0) is 22.5 Å². The highest BCUT2D eigenvalue weighted by Crippen LogP contribution is 2.29. The molecule has 0 aliphatic carbocycles. The van der Waals surface area contributed by atoms with Crippen LogP contribution in [0, 0.1) is 13.8 Å². The fraction of sp³-hybridized carbons (Fsp3) is 0.321. The molecule has 1 aromatic heterocycles. The van der Waals surface area contributed by atoms with Crippen molar-refractivity contribution < 1.29 is 23.8 Å². The minimum absolute atomic E-state index is 0.0288. The van der Waals surface area contributed by atoms with Crippen LogP contribution in [0.3, 0.4) is 0 Å². The first-order chi connectivity index (χ1) is 16.4. The molecule has 6 nitrogen and oxygen atoms in total. The van der Waals surface area contributed by atoms with Crippen molar-refractivity contribution in [3.63, 3.8) is 0 Å². The molecule has 0 spiro atoms. The van der Waals surface area contributed by atoms with E-state index >= 15 is 0 Å². The van der Waals surface area contributed by atoms with Gasteiger partial charge in [-0.15, -0.1) is 0 Å². The van der Waals surface area contributed by atoms with E-state index in [9.17, 15) is 9.59 Å². The zero-order chi connectivity index (χ0) is 24.7. The Bertz CT molecular complexity index is 1170. The summed E-state index contributed by atoms with van der Waals surface area (Å²) in [6.07, 6.45) is 2.97. The van der Waals surface area contributed by atoms with Crippen LogP contribution in [0.25, 0.3) is 11.1 Å². The van der Waals surface area contributed by atoms with E-state index in [2.05, 4.69) is 11.9 Å². The predicted octanol–water partition coefficient (Wildman–Crippen LogP) is 5.86. The van der Waals surface area contributed by atoms with Gasteiger partial charge < -0.3 is 14.2 Å². The molecule has 0 saturated carbocycles. The second kappa shape index (κ2) is 11.5. The number of methoxy groups -OCH3 is 2. The van der Waals surface area contributed by atoms with Crippen LogP contribution < -0.4 is 4.74 Å². The second-order valence-electron chi connectivity index (χ2n) is 8.19. The number of hydrogen-bond donors (Lipinski definition) is 0. The molecule has 34 heavy (non-hydrogen) atoms. The quantitative estimate of drug-likeness (QED) is 0.372. The minimum Gasteiger partial charge on any atom is -0.496 e. The van der Waals surface area contributed by atoms with E-state index < -0.39 is 11.9 Å². The molecule has 6 heteroatoms. The molecule has 0 atom stereocenters. The molecule has 0 amide bonds. The van der Waals surface area contributed by atoms with Gasteiger partial charge in [0.25, 0.3) is 0 Å². The molecule has 0 N–H and O–H groups in total. The SMILES string of the molecule is CCCCc1cc(-c2ccc(C)cc2)c(C(=O)OCc2ccc(C(=O)OC)c(OC)c2)c(C)n1. The molecule has 3 aromatic rings. The first-order valence-electron chi connectivity index (χ1n) is 11.4. The van der Waals surface area contributed by atoms with E-state index in [1.54, 1.807) is 18.2 Å². The van der Waals surface area contributed by atoms with Crippen molar-refractivity contribution in [1.29, 1.82) is 0 Å². The summed E-state index contributed by atoms with van der Waals surface area (Å²) in [4.78, 5) is 29.8. The van der Waals surface area contributed by atoms with E-state index in [1.165, 1.54) is 14.2 Å². The number of benzene rings is 2. The van der Waals surface area contributed by atoms with E-state index in [1.807, 2.05) is 44.2 Å². The van der Waals surface area contributed by atoms with Gasteiger partial charge in [-0.25, -0.2) is 9.59 Å². The molecule has 0 unspecified atom stereocenters. The topological polar surface area (TPSA) is 74.7 Å². The lowest BCUT2D eigenvalue weighted by molar-refractivity contribution is 0.0470. The van der Waals surface area contributed by atoms with Gasteiger partial charge in [-0.1, -0.05) is 49.2 Å². The van der Waals surface area contributed by atoms with Crippen molar-refractivity contribution in [2.75, 3.05) is 14.2 Å². The third kappa shape index (κ3) is 5.81. The van der Waals surface area contributed by atoms with Gasteiger partial charge in [0.2, 0.25) is 0 Å². The highest BCUT2D eigenvalue weighted by atomic mass is 16.5. The maximum absolute atomic E-state index is 13.2. The second-order valence-corrected chi connectivity index (χ2v) is 8.19. The lowest BCUT2D eigenvalue weighted by Gasteiger charge is -2.15. The number of rotatable bonds is 9. The maximum atomic E-state index is 13.2. The highest BCUT2D eigenvalue weighted by Gasteiger charge is 2.21. The lowest BCUT2D eigenvalue weighted by atomic mass is 9.96. The summed E-state index contributed by atoms with van der Waals surface area (Å²) in [5.74, 6) is -0.578. The van der Waals surface area contributed by atoms with E-state index in [-0.39, 0.29) is 6.61 Å². The van der Waals surface area contributed by atoms with Gasteiger partial charge in [0, 0.05) is 5.69 Å². The number of carbonyl (C=O) groups excluding carboxylic acids is 2. The Kier molecular flexibility index (Phi) is 8.41. The van der Waals surface area contributed by atoms with Crippen LogP contribution in [0.4, 0.5) is 0 Å². The first-order valence-corrected chi connectivity index (χ1v) is 11.4. The summed E-state index contributed by atoms with van der Waals surface area (Å²) in [7, 11) is 2.79. The molecule has 0 fully saturated rings. The fourth-order valence-corrected chi connectivity index (χ4v) is 3.77.